The van der Waals surface area contributed by atoms with Crippen molar-refractivity contribution in [2.75, 3.05) is 56.6 Å². The number of benzene rings is 2. The van der Waals surface area contributed by atoms with Crippen LogP contribution < -0.4 is 20.7 Å². The number of carbonyl (C=O) groups excluding carboxylic acids is 2. The molecule has 3 N–H and O–H groups in total. The van der Waals surface area contributed by atoms with Gasteiger partial charge in [-0.25, -0.2) is 4.79 Å². The van der Waals surface area contributed by atoms with Crippen molar-refractivity contribution in [2.45, 2.75) is 25.8 Å². The third-order valence-corrected chi connectivity index (χ3v) is 6.44. The van der Waals surface area contributed by atoms with Gasteiger partial charge in [-0.15, -0.1) is 0 Å². The van der Waals surface area contributed by atoms with Crippen molar-refractivity contribution in [3.05, 3.63) is 53.6 Å². The Morgan fingerprint density at radius 3 is 2.27 bits per heavy atom. The third kappa shape index (κ3) is 5.76. The second-order valence-electron chi connectivity index (χ2n) is 8.69. The van der Waals surface area contributed by atoms with E-state index in [0.29, 0.717) is 24.3 Å². The van der Waals surface area contributed by atoms with Crippen LogP contribution in [0.15, 0.2) is 42.5 Å². The van der Waals surface area contributed by atoms with Crippen LogP contribution in [0.25, 0.3) is 0 Å². The van der Waals surface area contributed by atoms with Crippen LogP contribution in [0, 0.1) is 0 Å². The van der Waals surface area contributed by atoms with E-state index in [1.165, 1.54) is 12.0 Å². The number of piperidine rings is 1. The van der Waals surface area contributed by atoms with Gasteiger partial charge in [-0.1, -0.05) is 12.1 Å². The fraction of sp³-hybridized carbons (Fsp3) is 0.440. The highest BCUT2D eigenvalue weighted by molar-refractivity contribution is 5.99. The molecule has 2 fully saturated rings. The van der Waals surface area contributed by atoms with E-state index in [9.17, 15) is 9.59 Å². The number of nitrogens with one attached hydrogen (secondary N) is 1. The van der Waals surface area contributed by atoms with Crippen LogP contribution >= 0.6 is 0 Å². The Bertz CT molecular complexity index is 965. The lowest BCUT2D eigenvalue weighted by molar-refractivity contribution is 0.1000. The quantitative estimate of drug-likeness (QED) is 0.704. The van der Waals surface area contributed by atoms with Crippen LogP contribution in [-0.2, 0) is 6.54 Å². The van der Waals surface area contributed by atoms with E-state index in [1.807, 2.05) is 23.1 Å². The minimum absolute atomic E-state index is 0.140. The molecule has 4 rings (SSSR count). The molecule has 0 aliphatic carbocycles. The molecular weight excluding hydrogens is 418 g/mol. The van der Waals surface area contributed by atoms with Crippen LogP contribution in [0.3, 0.4) is 0 Å². The van der Waals surface area contributed by atoms with Gasteiger partial charge in [-0.05, 0) is 55.2 Å². The summed E-state index contributed by atoms with van der Waals surface area (Å²) in [4.78, 5) is 31.2. The standard InChI is InChI=1S/C25H33N5O3/c1-33-21-8-5-19(6-9-21)18-28-13-15-30(16-14-28)25(32)27-22-17-20(24(26)31)7-10-23(22)29-11-3-2-4-12-29/h5-10,17H,2-4,11-16,18H2,1H3,(H2,26,31)(H,27,32). The highest BCUT2D eigenvalue weighted by atomic mass is 16.5. The summed E-state index contributed by atoms with van der Waals surface area (Å²) >= 11 is 0. The number of nitrogens with two attached hydrogens (primary N) is 1. The van der Waals surface area contributed by atoms with Crippen molar-refractivity contribution in [3.8, 4) is 5.75 Å². The first-order valence-electron chi connectivity index (χ1n) is 11.6. The van der Waals surface area contributed by atoms with E-state index in [0.717, 1.165) is 57.0 Å². The normalized spacial score (nSPS) is 17.0. The zero-order valence-corrected chi connectivity index (χ0v) is 19.3. The van der Waals surface area contributed by atoms with Gasteiger partial charge in [-0.3, -0.25) is 9.69 Å². The molecule has 8 nitrogen and oxygen atoms in total. The molecule has 2 aliphatic rings. The maximum absolute atomic E-state index is 13.1. The van der Waals surface area contributed by atoms with Gasteiger partial charge in [-0.2, -0.15) is 0 Å². The summed E-state index contributed by atoms with van der Waals surface area (Å²) in [6.45, 7) is 5.65. The van der Waals surface area contributed by atoms with Gasteiger partial charge in [0.1, 0.15) is 5.75 Å². The number of carbonyl (C=O) groups is 2. The monoisotopic (exact) mass is 451 g/mol. The van der Waals surface area contributed by atoms with Crippen molar-refractivity contribution < 1.29 is 14.3 Å². The number of urea groups is 1. The summed E-state index contributed by atoms with van der Waals surface area (Å²) in [7, 11) is 1.67. The molecule has 2 heterocycles. The summed E-state index contributed by atoms with van der Waals surface area (Å²) in [6.07, 6.45) is 3.47. The zero-order valence-electron chi connectivity index (χ0n) is 19.3. The van der Waals surface area contributed by atoms with Crippen LogP contribution in [0.4, 0.5) is 16.2 Å². The molecule has 2 saturated heterocycles. The van der Waals surface area contributed by atoms with E-state index in [2.05, 4.69) is 27.2 Å². The van der Waals surface area contributed by atoms with E-state index < -0.39 is 5.91 Å². The van der Waals surface area contributed by atoms with Crippen molar-refractivity contribution in [2.24, 2.45) is 5.73 Å². The van der Waals surface area contributed by atoms with E-state index in [4.69, 9.17) is 10.5 Å². The van der Waals surface area contributed by atoms with Crippen molar-refractivity contribution in [3.63, 3.8) is 0 Å². The molecule has 0 unspecified atom stereocenters. The van der Waals surface area contributed by atoms with E-state index in [-0.39, 0.29) is 6.03 Å². The molecule has 3 amide bonds. The third-order valence-electron chi connectivity index (χ3n) is 6.44. The lowest BCUT2D eigenvalue weighted by Crippen LogP contribution is -2.49. The molecule has 2 aromatic carbocycles. The predicted molar refractivity (Wildman–Crippen MR) is 130 cm³/mol. The Labute approximate surface area is 195 Å². The molecule has 0 saturated carbocycles. The summed E-state index contributed by atoms with van der Waals surface area (Å²) in [5.41, 5.74) is 8.72. The molecule has 0 bridgehead atoms. The summed E-state index contributed by atoms with van der Waals surface area (Å²) < 4.78 is 5.22. The second kappa shape index (κ2) is 10.6. The molecule has 2 aromatic rings. The molecule has 2 aliphatic heterocycles. The van der Waals surface area contributed by atoms with Gasteiger partial charge in [0.25, 0.3) is 0 Å². The number of ether oxygens (including phenoxy) is 1. The number of amides is 3. The predicted octanol–water partition coefficient (Wildman–Crippen LogP) is 3.13. The summed E-state index contributed by atoms with van der Waals surface area (Å²) in [6, 6.07) is 13.3. The summed E-state index contributed by atoms with van der Waals surface area (Å²) in [5.74, 6) is 0.354. The van der Waals surface area contributed by atoms with Crippen LogP contribution in [0.5, 0.6) is 5.75 Å². The lowest BCUT2D eigenvalue weighted by Gasteiger charge is -2.35. The van der Waals surface area contributed by atoms with Crippen LogP contribution in [-0.4, -0.2) is 68.1 Å². The Morgan fingerprint density at radius 2 is 1.64 bits per heavy atom. The smallest absolute Gasteiger partial charge is 0.321 e. The highest BCUT2D eigenvalue weighted by Gasteiger charge is 2.23. The Hall–Kier alpha value is -3.26. The highest BCUT2D eigenvalue weighted by Crippen LogP contribution is 2.30. The number of hydrogen-bond donors (Lipinski definition) is 2. The van der Waals surface area contributed by atoms with Gasteiger partial charge in [0.15, 0.2) is 0 Å². The fourth-order valence-corrected chi connectivity index (χ4v) is 4.49. The first-order valence-corrected chi connectivity index (χ1v) is 11.6. The molecular formula is C25H33N5O3. The number of anilines is 2. The minimum atomic E-state index is -0.497. The second-order valence-corrected chi connectivity index (χ2v) is 8.69. The number of hydrogen-bond acceptors (Lipinski definition) is 5. The number of rotatable bonds is 6. The van der Waals surface area contributed by atoms with Gasteiger partial charge in [0, 0.05) is 51.4 Å². The Kier molecular flexibility index (Phi) is 7.34. The molecule has 176 valence electrons. The Morgan fingerprint density at radius 1 is 0.939 bits per heavy atom. The van der Waals surface area contributed by atoms with Crippen molar-refractivity contribution in [1.29, 1.82) is 0 Å². The molecule has 0 atom stereocenters. The van der Waals surface area contributed by atoms with E-state index >= 15 is 0 Å². The lowest BCUT2D eigenvalue weighted by atomic mass is 10.1. The first kappa shape index (κ1) is 22.9. The fourth-order valence-electron chi connectivity index (χ4n) is 4.49. The van der Waals surface area contributed by atoms with Crippen molar-refractivity contribution >= 4 is 23.3 Å². The number of methoxy groups -OCH3 is 1. The van der Waals surface area contributed by atoms with Gasteiger partial charge in [0.05, 0.1) is 18.5 Å². The van der Waals surface area contributed by atoms with Crippen molar-refractivity contribution in [1.82, 2.24) is 9.80 Å². The average Bonchev–Trinajstić information content (AvgIpc) is 2.85. The molecule has 33 heavy (non-hydrogen) atoms. The summed E-state index contributed by atoms with van der Waals surface area (Å²) in [5, 5.41) is 3.06. The number of piperazine rings is 1. The number of primary amides is 1. The largest absolute Gasteiger partial charge is 0.497 e. The van der Waals surface area contributed by atoms with Gasteiger partial charge in [0.2, 0.25) is 5.91 Å². The maximum atomic E-state index is 13.1. The topological polar surface area (TPSA) is 91.1 Å². The maximum Gasteiger partial charge on any atom is 0.321 e. The van der Waals surface area contributed by atoms with Crippen LogP contribution in [0.2, 0.25) is 0 Å². The molecule has 0 spiro atoms. The molecule has 8 heteroatoms. The minimum Gasteiger partial charge on any atom is -0.497 e. The van der Waals surface area contributed by atoms with Gasteiger partial charge >= 0.3 is 6.03 Å². The Balaban J connectivity index is 1.37. The average molecular weight is 452 g/mol. The SMILES string of the molecule is COc1ccc(CN2CCN(C(=O)Nc3cc(C(N)=O)ccc3N3CCCCC3)CC2)cc1. The zero-order chi connectivity index (χ0) is 23.2. The molecule has 0 aromatic heterocycles. The van der Waals surface area contributed by atoms with E-state index in [1.54, 1.807) is 19.2 Å². The number of nitrogens with zero attached hydrogens (tertiary/aromatic N) is 3. The van der Waals surface area contributed by atoms with Gasteiger partial charge < -0.3 is 25.6 Å². The molecule has 0 radical (unpaired) electrons. The first-order chi connectivity index (χ1) is 16.0. The van der Waals surface area contributed by atoms with Crippen LogP contribution in [0.1, 0.15) is 35.2 Å².